The molecule has 7 N–H and O–H groups in total. The molecule has 0 amide bonds. The van der Waals surface area contributed by atoms with Crippen LogP contribution in [0.2, 0.25) is 0 Å². The Bertz CT molecular complexity index is 2260. The molecule has 1 aliphatic heterocycles. The van der Waals surface area contributed by atoms with Gasteiger partial charge >= 0.3 is 0 Å². The number of phenolic OH excluding ortho intramolecular Hbond substituents is 1. The smallest absolute Gasteiger partial charge is 0.199 e. The van der Waals surface area contributed by atoms with Crippen molar-refractivity contribution < 1.29 is 50.1 Å². The molecule has 2 fully saturated rings. The van der Waals surface area contributed by atoms with E-state index < -0.39 is 82.9 Å². The molecule has 5 aromatic carbocycles. The molecule has 10 heteroatoms. The third-order valence-electron chi connectivity index (χ3n) is 11.6. The van der Waals surface area contributed by atoms with Crippen LogP contribution in [-0.2, 0) is 40.0 Å². The van der Waals surface area contributed by atoms with Crippen molar-refractivity contribution in [2.45, 2.75) is 66.9 Å². The monoisotopic (exact) mass is 782 g/mol. The minimum absolute atomic E-state index is 0.0115. The lowest BCUT2D eigenvalue weighted by molar-refractivity contribution is -0.372. The highest BCUT2D eigenvalue weighted by Gasteiger charge is 2.74. The maximum atomic E-state index is 14.6. The number of hydrogen-bond acceptors (Lipinski definition) is 10. The first-order valence-electron chi connectivity index (χ1n) is 19.2. The fourth-order valence-electron chi connectivity index (χ4n) is 8.63. The zero-order chi connectivity index (χ0) is 41.1. The van der Waals surface area contributed by atoms with E-state index in [1.54, 1.807) is 127 Å². The van der Waals surface area contributed by atoms with Crippen molar-refractivity contribution in [2.75, 3.05) is 0 Å². The van der Waals surface area contributed by atoms with Crippen molar-refractivity contribution in [2.24, 2.45) is 5.92 Å². The molecule has 0 aromatic heterocycles. The minimum atomic E-state index is -2.67. The number of phenols is 1. The number of aromatic hydroxyl groups is 1. The molecule has 5 aromatic rings. The average Bonchev–Trinajstić information content (AvgIpc) is 3.44. The number of allylic oxidation sites excluding steroid dienone is 1. The summed E-state index contributed by atoms with van der Waals surface area (Å²) in [4.78, 5) is 28.4. The first kappa shape index (κ1) is 40.5. The predicted octanol–water partition coefficient (Wildman–Crippen LogP) is 4.64. The summed E-state index contributed by atoms with van der Waals surface area (Å²) in [5.41, 5.74) is -5.88. The molecule has 7 rings (SSSR count). The molecule has 2 aliphatic rings. The summed E-state index contributed by atoms with van der Waals surface area (Å²) in [6.07, 6.45) is -6.13. The van der Waals surface area contributed by atoms with Gasteiger partial charge in [0.25, 0.3) is 0 Å². The topological polar surface area (TPSA) is 185 Å². The van der Waals surface area contributed by atoms with Crippen LogP contribution in [-0.4, -0.2) is 88.5 Å². The van der Waals surface area contributed by atoms with Gasteiger partial charge in [0.05, 0.1) is 12.0 Å². The first-order chi connectivity index (χ1) is 27.8. The highest BCUT2D eigenvalue weighted by atomic mass is 16.6. The molecule has 0 bridgehead atoms. The molecule has 0 spiro atoms. The Balaban J connectivity index is 1.43. The quantitative estimate of drug-likeness (QED) is 0.0535. The van der Waals surface area contributed by atoms with Crippen molar-refractivity contribution in [3.8, 4) is 5.75 Å². The summed E-state index contributed by atoms with van der Waals surface area (Å²) in [6, 6.07) is 40.8. The van der Waals surface area contributed by atoms with Crippen LogP contribution in [0.5, 0.6) is 5.75 Å². The van der Waals surface area contributed by atoms with Gasteiger partial charge in [-0.05, 0) is 46.0 Å². The molecule has 298 valence electrons. The fraction of sp³-hybridized carbons (Fsp3) is 0.250. The van der Waals surface area contributed by atoms with E-state index in [9.17, 15) is 45.3 Å². The summed E-state index contributed by atoms with van der Waals surface area (Å²) in [7, 11) is 0. The van der Waals surface area contributed by atoms with E-state index >= 15 is 0 Å². The van der Waals surface area contributed by atoms with Crippen LogP contribution in [0.3, 0.4) is 0 Å². The van der Waals surface area contributed by atoms with Gasteiger partial charge in [-0.3, -0.25) is 9.59 Å². The molecule has 1 aliphatic carbocycles. The zero-order valence-corrected chi connectivity index (χ0v) is 31.6. The van der Waals surface area contributed by atoms with Crippen LogP contribution >= 0.6 is 0 Å². The van der Waals surface area contributed by atoms with Gasteiger partial charge < -0.3 is 40.5 Å². The number of hydrogen-bond donors (Lipinski definition) is 7. The molecular weight excluding hydrogens is 737 g/mol. The average molecular weight is 783 g/mol. The third-order valence-corrected chi connectivity index (χ3v) is 11.6. The van der Waals surface area contributed by atoms with E-state index in [1.807, 2.05) is 6.07 Å². The van der Waals surface area contributed by atoms with Gasteiger partial charge in [-0.1, -0.05) is 140 Å². The Morgan fingerprint density at radius 3 is 1.62 bits per heavy atom. The van der Waals surface area contributed by atoms with Crippen LogP contribution in [0.1, 0.15) is 27.8 Å². The molecule has 1 heterocycles. The van der Waals surface area contributed by atoms with Crippen LogP contribution in [0.15, 0.2) is 163 Å². The normalized spacial score (nSPS) is 28.8. The number of ether oxygens (including phenoxy) is 1. The third kappa shape index (κ3) is 7.66. The predicted molar refractivity (Wildman–Crippen MR) is 216 cm³/mol. The Kier molecular flexibility index (Phi) is 11.6. The summed E-state index contributed by atoms with van der Waals surface area (Å²) < 4.78 is 6.68. The van der Waals surface area contributed by atoms with Gasteiger partial charge in [0, 0.05) is 25.7 Å². The number of aliphatic hydroxyl groups excluding tert-OH is 3. The Morgan fingerprint density at radius 2 is 1.10 bits per heavy atom. The molecule has 0 radical (unpaired) electrons. The van der Waals surface area contributed by atoms with Crippen LogP contribution < -0.4 is 0 Å². The van der Waals surface area contributed by atoms with Crippen molar-refractivity contribution in [1.82, 2.24) is 0 Å². The van der Waals surface area contributed by atoms with Crippen molar-refractivity contribution >= 4 is 17.6 Å². The van der Waals surface area contributed by atoms with Crippen molar-refractivity contribution in [3.05, 3.63) is 191 Å². The van der Waals surface area contributed by atoms with E-state index in [0.717, 1.165) is 6.08 Å². The van der Waals surface area contributed by atoms with Gasteiger partial charge in [0.1, 0.15) is 52.2 Å². The Labute approximate surface area is 336 Å². The largest absolute Gasteiger partial charge is 0.508 e. The van der Waals surface area contributed by atoms with Crippen LogP contribution in [0.25, 0.3) is 6.08 Å². The molecule has 8 atom stereocenters. The van der Waals surface area contributed by atoms with E-state index in [0.29, 0.717) is 27.8 Å². The lowest BCUT2D eigenvalue weighted by Gasteiger charge is -2.63. The highest BCUT2D eigenvalue weighted by Crippen LogP contribution is 2.53. The van der Waals surface area contributed by atoms with E-state index in [2.05, 4.69) is 0 Å². The van der Waals surface area contributed by atoms with Crippen LogP contribution in [0, 0.1) is 5.92 Å². The van der Waals surface area contributed by atoms with E-state index in [1.165, 1.54) is 18.2 Å². The number of Topliss-reactive ketones (excluding diaryl/α,β-unsaturated/α-hetero) is 2. The molecule has 1 saturated heterocycles. The van der Waals surface area contributed by atoms with Gasteiger partial charge in [-0.15, -0.1) is 0 Å². The maximum absolute atomic E-state index is 14.6. The molecule has 4 unspecified atom stereocenters. The molecular formula is C48H46O10. The van der Waals surface area contributed by atoms with Gasteiger partial charge in [0.2, 0.25) is 0 Å². The Morgan fingerprint density at radius 1 is 0.638 bits per heavy atom. The minimum Gasteiger partial charge on any atom is -0.508 e. The number of aliphatic hydroxyl groups is 6. The summed E-state index contributed by atoms with van der Waals surface area (Å²) in [5, 5.41) is 85.5. The fourth-order valence-corrected chi connectivity index (χ4v) is 8.63. The van der Waals surface area contributed by atoms with E-state index in [-0.39, 0.29) is 18.6 Å². The number of rotatable bonds is 12. The van der Waals surface area contributed by atoms with Gasteiger partial charge in [-0.2, -0.15) is 0 Å². The standard InChI is InChI=1S/C48H46O10/c49-36-24-21-31(22-25-36)23-26-37(50)39-41(52)40(43(54)42(39)53)45-47(56,29-34-17-9-3-10-18-34)48(57,30-35-19-11-4-12-20-35)46(55,28-33-15-7-2-8-16-33)44(58-45)38(51)27-32-13-5-1-6-14-32/h1-26,38,40,43-45,49-51,54-57H,27-30H2/t38?,40?,43?,44-,45?,46-,47+,48+/m1/s1. The highest BCUT2D eigenvalue weighted by molar-refractivity contribution is 6.29. The van der Waals surface area contributed by atoms with Crippen LogP contribution in [0.4, 0.5) is 0 Å². The van der Waals surface area contributed by atoms with Gasteiger partial charge in [-0.25, -0.2) is 0 Å². The molecule has 10 nitrogen and oxygen atoms in total. The first-order valence-corrected chi connectivity index (χ1v) is 19.2. The molecule has 1 saturated carbocycles. The number of ketones is 2. The Hall–Kier alpha value is -5.72. The molecule has 58 heavy (non-hydrogen) atoms. The summed E-state index contributed by atoms with van der Waals surface area (Å²) in [5.74, 6) is -4.85. The van der Waals surface area contributed by atoms with Gasteiger partial charge in [0.15, 0.2) is 11.6 Å². The number of benzene rings is 5. The zero-order valence-electron chi connectivity index (χ0n) is 31.6. The lowest BCUT2D eigenvalue weighted by atomic mass is 9.55. The SMILES string of the molecule is O=C1C(=C(O)C=Cc2ccc(O)cc2)C(=O)C(C2O[C@H](C(O)Cc3ccccc3)[C@](O)(Cc3ccccc3)[C@@](O)(Cc3ccccc3)[C@]2(O)Cc2ccccc2)C1O. The second-order valence-electron chi connectivity index (χ2n) is 15.3. The lowest BCUT2D eigenvalue weighted by Crippen LogP contribution is -2.84. The summed E-state index contributed by atoms with van der Waals surface area (Å²) >= 11 is 0. The van der Waals surface area contributed by atoms with Crippen molar-refractivity contribution in [1.29, 1.82) is 0 Å². The summed E-state index contributed by atoms with van der Waals surface area (Å²) in [6.45, 7) is 0. The maximum Gasteiger partial charge on any atom is 0.199 e. The number of carbonyl (C=O) groups is 2. The second kappa shape index (κ2) is 16.6. The van der Waals surface area contributed by atoms with Crippen molar-refractivity contribution in [3.63, 3.8) is 0 Å². The van der Waals surface area contributed by atoms with E-state index in [4.69, 9.17) is 4.74 Å². The number of carbonyl (C=O) groups excluding carboxylic acids is 2. The second-order valence-corrected chi connectivity index (χ2v) is 15.3.